The molecule has 0 aromatic heterocycles. The third-order valence-electron chi connectivity index (χ3n) is 3.03. The van der Waals surface area contributed by atoms with Crippen LogP contribution in [0.3, 0.4) is 0 Å². The highest BCUT2D eigenvalue weighted by atomic mass is 16.2. The van der Waals surface area contributed by atoms with Crippen molar-refractivity contribution in [2.24, 2.45) is 5.73 Å². The number of benzene rings is 1. The summed E-state index contributed by atoms with van der Waals surface area (Å²) in [5.41, 5.74) is 5.71. The summed E-state index contributed by atoms with van der Waals surface area (Å²) in [7, 11) is 0. The van der Waals surface area contributed by atoms with Gasteiger partial charge in [0, 0.05) is 12.1 Å². The number of hydrogen-bond donors (Lipinski definition) is 2. The highest BCUT2D eigenvalue weighted by molar-refractivity contribution is 5.87. The van der Waals surface area contributed by atoms with Crippen LogP contribution < -0.4 is 11.1 Å². The zero-order valence-corrected chi connectivity index (χ0v) is 11.1. The third-order valence-corrected chi connectivity index (χ3v) is 3.03. The predicted octanol–water partition coefficient (Wildman–Crippen LogP) is 1.82. The first kappa shape index (κ1) is 13.7. The Hall–Kier alpha value is -1.35. The minimum atomic E-state index is -0.548. The van der Waals surface area contributed by atoms with Crippen LogP contribution in [0.4, 0.5) is 0 Å². The highest BCUT2D eigenvalue weighted by Crippen LogP contribution is 2.23. The maximum atomic E-state index is 12.3. The van der Waals surface area contributed by atoms with Crippen LogP contribution in [0.25, 0.3) is 0 Å². The van der Waals surface area contributed by atoms with Crippen LogP contribution in [0.15, 0.2) is 30.3 Å². The fourth-order valence-corrected chi connectivity index (χ4v) is 1.50. The molecule has 1 aromatic rings. The van der Waals surface area contributed by atoms with E-state index >= 15 is 0 Å². The zero-order valence-electron chi connectivity index (χ0n) is 11.1. The first-order valence-electron chi connectivity index (χ1n) is 5.88. The molecule has 0 aliphatic carbocycles. The van der Waals surface area contributed by atoms with Crippen molar-refractivity contribution in [1.82, 2.24) is 5.32 Å². The van der Waals surface area contributed by atoms with Crippen LogP contribution in [-0.2, 0) is 10.2 Å². The minimum Gasteiger partial charge on any atom is -0.349 e. The molecule has 0 heterocycles. The standard InChI is InChI=1S/C14H22N2O/c1-13(2,10-15)16-12(17)14(3,4)11-8-6-5-7-9-11/h5-9H,10,15H2,1-4H3,(H,16,17). The Bertz CT molecular complexity index is 382. The van der Waals surface area contributed by atoms with E-state index in [1.807, 2.05) is 58.0 Å². The second-order valence-electron chi connectivity index (χ2n) is 5.53. The van der Waals surface area contributed by atoms with Gasteiger partial charge < -0.3 is 11.1 Å². The largest absolute Gasteiger partial charge is 0.349 e. The van der Waals surface area contributed by atoms with Gasteiger partial charge in [-0.25, -0.2) is 0 Å². The molecule has 0 aliphatic rings. The molecule has 3 N–H and O–H groups in total. The highest BCUT2D eigenvalue weighted by Gasteiger charge is 2.32. The van der Waals surface area contributed by atoms with Crippen molar-refractivity contribution in [3.63, 3.8) is 0 Å². The van der Waals surface area contributed by atoms with Gasteiger partial charge in [0.15, 0.2) is 0 Å². The van der Waals surface area contributed by atoms with E-state index in [0.717, 1.165) is 5.56 Å². The predicted molar refractivity (Wildman–Crippen MR) is 70.7 cm³/mol. The van der Waals surface area contributed by atoms with Gasteiger partial charge in [-0.3, -0.25) is 4.79 Å². The average molecular weight is 234 g/mol. The topological polar surface area (TPSA) is 55.1 Å². The molecule has 1 aromatic carbocycles. The summed E-state index contributed by atoms with van der Waals surface area (Å²) in [5.74, 6) is -0.000787. The number of hydrogen-bond acceptors (Lipinski definition) is 2. The Morgan fingerprint density at radius 1 is 1.18 bits per heavy atom. The quantitative estimate of drug-likeness (QED) is 0.835. The number of rotatable bonds is 4. The van der Waals surface area contributed by atoms with E-state index in [-0.39, 0.29) is 11.4 Å². The lowest BCUT2D eigenvalue weighted by Crippen LogP contribution is -2.53. The van der Waals surface area contributed by atoms with Crippen molar-refractivity contribution in [2.45, 2.75) is 38.6 Å². The van der Waals surface area contributed by atoms with Gasteiger partial charge in [0.1, 0.15) is 0 Å². The average Bonchev–Trinajstić information content (AvgIpc) is 2.29. The molecule has 0 bridgehead atoms. The van der Waals surface area contributed by atoms with Gasteiger partial charge in [-0.15, -0.1) is 0 Å². The normalized spacial score (nSPS) is 12.3. The molecular formula is C14H22N2O. The first-order chi connectivity index (χ1) is 7.79. The number of carbonyl (C=O) groups excluding carboxylic acids is 1. The lowest BCUT2D eigenvalue weighted by Gasteiger charge is -2.31. The second-order valence-corrected chi connectivity index (χ2v) is 5.53. The summed E-state index contributed by atoms with van der Waals surface area (Å²) >= 11 is 0. The van der Waals surface area contributed by atoms with Crippen molar-refractivity contribution < 1.29 is 4.79 Å². The van der Waals surface area contributed by atoms with Crippen molar-refractivity contribution in [1.29, 1.82) is 0 Å². The maximum absolute atomic E-state index is 12.3. The molecule has 1 amide bonds. The van der Waals surface area contributed by atoms with Crippen molar-refractivity contribution in [3.8, 4) is 0 Å². The summed E-state index contributed by atoms with van der Waals surface area (Å²) in [6.45, 7) is 8.11. The van der Waals surface area contributed by atoms with Gasteiger partial charge in [-0.1, -0.05) is 30.3 Å². The molecule has 3 heteroatoms. The van der Waals surface area contributed by atoms with Gasteiger partial charge in [0.25, 0.3) is 0 Å². The SMILES string of the molecule is CC(C)(CN)NC(=O)C(C)(C)c1ccccc1. The van der Waals surface area contributed by atoms with Crippen molar-refractivity contribution in [2.75, 3.05) is 6.54 Å². The number of nitrogens with two attached hydrogens (primary N) is 1. The van der Waals surface area contributed by atoms with E-state index in [0.29, 0.717) is 6.54 Å². The smallest absolute Gasteiger partial charge is 0.230 e. The number of amides is 1. The van der Waals surface area contributed by atoms with Gasteiger partial charge in [-0.05, 0) is 33.3 Å². The monoisotopic (exact) mass is 234 g/mol. The molecule has 1 rings (SSSR count). The molecule has 17 heavy (non-hydrogen) atoms. The lowest BCUT2D eigenvalue weighted by molar-refractivity contribution is -0.127. The van der Waals surface area contributed by atoms with Crippen LogP contribution in [0.5, 0.6) is 0 Å². The van der Waals surface area contributed by atoms with Crippen LogP contribution >= 0.6 is 0 Å². The van der Waals surface area contributed by atoms with E-state index in [2.05, 4.69) is 5.32 Å². The number of carbonyl (C=O) groups is 1. The Balaban J connectivity index is 2.88. The lowest BCUT2D eigenvalue weighted by atomic mass is 9.83. The van der Waals surface area contributed by atoms with Crippen LogP contribution in [0.1, 0.15) is 33.3 Å². The molecule has 0 radical (unpaired) electrons. The summed E-state index contributed by atoms with van der Waals surface area (Å²) < 4.78 is 0. The van der Waals surface area contributed by atoms with Crippen molar-refractivity contribution >= 4 is 5.91 Å². The molecule has 0 spiro atoms. The molecule has 0 saturated heterocycles. The van der Waals surface area contributed by atoms with Gasteiger partial charge in [0.2, 0.25) is 5.91 Å². The molecule has 0 unspecified atom stereocenters. The minimum absolute atomic E-state index is 0.000787. The Kier molecular flexibility index (Phi) is 3.94. The van der Waals surface area contributed by atoms with E-state index in [1.54, 1.807) is 0 Å². The molecule has 0 fully saturated rings. The van der Waals surface area contributed by atoms with Gasteiger partial charge in [-0.2, -0.15) is 0 Å². The Morgan fingerprint density at radius 2 is 1.71 bits per heavy atom. The molecule has 94 valence electrons. The fourth-order valence-electron chi connectivity index (χ4n) is 1.50. The first-order valence-corrected chi connectivity index (χ1v) is 5.88. The summed E-state index contributed by atoms with van der Waals surface area (Å²) in [5, 5.41) is 2.98. The van der Waals surface area contributed by atoms with Gasteiger partial charge in [0.05, 0.1) is 5.41 Å². The van der Waals surface area contributed by atoms with E-state index in [1.165, 1.54) is 0 Å². The summed E-state index contributed by atoms with van der Waals surface area (Å²) in [6.07, 6.45) is 0. The van der Waals surface area contributed by atoms with Crippen LogP contribution in [0.2, 0.25) is 0 Å². The van der Waals surface area contributed by atoms with Gasteiger partial charge >= 0.3 is 0 Å². The maximum Gasteiger partial charge on any atom is 0.230 e. The van der Waals surface area contributed by atoms with Crippen molar-refractivity contribution in [3.05, 3.63) is 35.9 Å². The Morgan fingerprint density at radius 3 is 2.18 bits per heavy atom. The summed E-state index contributed by atoms with van der Waals surface area (Å²) in [6, 6.07) is 9.77. The zero-order chi connectivity index (χ0) is 13.1. The van der Waals surface area contributed by atoms with Crippen LogP contribution in [-0.4, -0.2) is 18.0 Å². The third kappa shape index (κ3) is 3.30. The van der Waals surface area contributed by atoms with E-state index in [4.69, 9.17) is 5.73 Å². The Labute approximate surface area is 103 Å². The van der Waals surface area contributed by atoms with E-state index in [9.17, 15) is 4.79 Å². The summed E-state index contributed by atoms with van der Waals surface area (Å²) in [4.78, 5) is 12.3. The molecular weight excluding hydrogens is 212 g/mol. The molecule has 0 saturated carbocycles. The van der Waals surface area contributed by atoms with Crippen LogP contribution in [0, 0.1) is 0 Å². The fraction of sp³-hybridized carbons (Fsp3) is 0.500. The van der Waals surface area contributed by atoms with E-state index < -0.39 is 5.41 Å². The second kappa shape index (κ2) is 4.88. The molecule has 0 aliphatic heterocycles. The molecule has 3 nitrogen and oxygen atoms in total. The molecule has 0 atom stereocenters. The number of nitrogens with one attached hydrogen (secondary N) is 1.